The number of benzene rings is 1. The molecule has 2 aliphatic rings. The van der Waals surface area contributed by atoms with Crippen LogP contribution in [-0.2, 0) is 29.0 Å². The number of nitrogens with one attached hydrogen (secondary N) is 1. The maximum atomic E-state index is 13.2. The van der Waals surface area contributed by atoms with Gasteiger partial charge >= 0.3 is 0 Å². The number of piperidine rings is 1. The molecule has 4 rings (SSSR count). The van der Waals surface area contributed by atoms with Crippen LogP contribution < -0.4 is 10.3 Å². The molecule has 1 aromatic heterocycles. The van der Waals surface area contributed by atoms with Gasteiger partial charge in [-0.3, -0.25) is 14.4 Å². The Hall–Kier alpha value is -3.16. The summed E-state index contributed by atoms with van der Waals surface area (Å²) in [5.41, 5.74) is 2.02. The van der Waals surface area contributed by atoms with E-state index in [1.165, 1.54) is 6.92 Å². The molecule has 0 spiro atoms. The van der Waals surface area contributed by atoms with Gasteiger partial charge in [-0.2, -0.15) is 0 Å². The number of hydrogen-bond donors (Lipinski definition) is 1. The Balaban J connectivity index is 1.59. The molecule has 1 atom stereocenters. The molecule has 8 heteroatoms. The summed E-state index contributed by atoms with van der Waals surface area (Å²) in [6.07, 6.45) is 3.41. The van der Waals surface area contributed by atoms with E-state index in [9.17, 15) is 14.4 Å². The Morgan fingerprint density at radius 2 is 2.10 bits per heavy atom. The minimum Gasteiger partial charge on any atom is -0.497 e. The maximum Gasteiger partial charge on any atom is 0.254 e. The van der Waals surface area contributed by atoms with Crippen molar-refractivity contribution in [3.05, 3.63) is 57.3 Å². The number of amides is 2. The average Bonchev–Trinajstić information content (AvgIpc) is 2.78. The topological polar surface area (TPSA) is 95.6 Å². The lowest BCUT2D eigenvalue weighted by molar-refractivity contribution is -0.134. The van der Waals surface area contributed by atoms with Crippen LogP contribution in [0.2, 0.25) is 0 Å². The normalized spacial score (nSPS) is 18.5. The fraction of sp³-hybridized carbons (Fsp3) is 0.478. The van der Waals surface area contributed by atoms with Crippen molar-refractivity contribution in [3.63, 3.8) is 0 Å². The summed E-state index contributed by atoms with van der Waals surface area (Å²) in [4.78, 5) is 48.9. The molecule has 3 heterocycles. The van der Waals surface area contributed by atoms with E-state index >= 15 is 0 Å². The van der Waals surface area contributed by atoms with Crippen LogP contribution in [0.5, 0.6) is 5.75 Å². The molecule has 2 amide bonds. The highest BCUT2D eigenvalue weighted by Crippen LogP contribution is 2.30. The second-order valence-electron chi connectivity index (χ2n) is 8.19. The molecular weight excluding hydrogens is 396 g/mol. The number of aromatic amines is 1. The molecule has 0 radical (unpaired) electrons. The van der Waals surface area contributed by atoms with Gasteiger partial charge in [-0.05, 0) is 43.4 Å². The predicted octanol–water partition coefficient (Wildman–Crippen LogP) is 1.98. The van der Waals surface area contributed by atoms with Crippen molar-refractivity contribution < 1.29 is 14.3 Å². The predicted molar refractivity (Wildman–Crippen MR) is 115 cm³/mol. The van der Waals surface area contributed by atoms with Crippen LogP contribution in [-0.4, -0.2) is 51.8 Å². The zero-order valence-corrected chi connectivity index (χ0v) is 18.0. The van der Waals surface area contributed by atoms with Crippen molar-refractivity contribution in [3.8, 4) is 5.75 Å². The first-order chi connectivity index (χ1) is 15.0. The van der Waals surface area contributed by atoms with E-state index in [1.807, 2.05) is 29.2 Å². The van der Waals surface area contributed by atoms with E-state index in [4.69, 9.17) is 9.72 Å². The van der Waals surface area contributed by atoms with Crippen LogP contribution in [0, 0.1) is 0 Å². The summed E-state index contributed by atoms with van der Waals surface area (Å²) in [5, 5.41) is 0. The second kappa shape index (κ2) is 8.91. The lowest BCUT2D eigenvalue weighted by Crippen LogP contribution is -2.42. The molecule has 0 saturated carbocycles. The van der Waals surface area contributed by atoms with E-state index in [0.717, 1.165) is 30.6 Å². The second-order valence-corrected chi connectivity index (χ2v) is 8.19. The molecule has 0 unspecified atom stereocenters. The molecule has 1 aromatic carbocycles. The highest BCUT2D eigenvalue weighted by atomic mass is 16.5. The number of carbonyl (C=O) groups is 2. The van der Waals surface area contributed by atoms with E-state index in [1.54, 1.807) is 12.0 Å². The van der Waals surface area contributed by atoms with E-state index in [0.29, 0.717) is 43.1 Å². The number of likely N-dealkylation sites (tertiary alicyclic amines) is 1. The molecule has 2 aromatic rings. The third-order valence-corrected chi connectivity index (χ3v) is 6.17. The minimum absolute atomic E-state index is 0.00341. The molecule has 2 aliphatic heterocycles. The van der Waals surface area contributed by atoms with Gasteiger partial charge in [0.25, 0.3) is 5.56 Å². The molecule has 1 N–H and O–H groups in total. The maximum absolute atomic E-state index is 13.2. The van der Waals surface area contributed by atoms with Crippen molar-refractivity contribution in [1.82, 2.24) is 19.8 Å². The summed E-state index contributed by atoms with van der Waals surface area (Å²) in [6, 6.07) is 7.24. The SMILES string of the molecule is COc1cccc(CC(=O)N2CCCC[C@@H]2c2nc3c(c(=O)[nH]2)CCN(C(C)=O)C3)c1. The number of ether oxygens (including phenoxy) is 1. The smallest absolute Gasteiger partial charge is 0.254 e. The van der Waals surface area contributed by atoms with Gasteiger partial charge in [-0.15, -0.1) is 0 Å². The van der Waals surface area contributed by atoms with Crippen LogP contribution in [0.4, 0.5) is 0 Å². The summed E-state index contributed by atoms with van der Waals surface area (Å²) in [5.74, 6) is 1.22. The summed E-state index contributed by atoms with van der Waals surface area (Å²) < 4.78 is 5.26. The summed E-state index contributed by atoms with van der Waals surface area (Å²) >= 11 is 0. The van der Waals surface area contributed by atoms with Crippen LogP contribution in [0.25, 0.3) is 0 Å². The first-order valence-electron chi connectivity index (χ1n) is 10.8. The summed E-state index contributed by atoms with van der Waals surface area (Å²) in [7, 11) is 1.60. The molecule has 1 fully saturated rings. The number of rotatable bonds is 4. The number of carbonyl (C=O) groups excluding carboxylic acids is 2. The number of methoxy groups -OCH3 is 1. The van der Waals surface area contributed by atoms with Gasteiger partial charge in [0, 0.05) is 25.6 Å². The Kier molecular flexibility index (Phi) is 6.06. The minimum atomic E-state index is -0.266. The third-order valence-electron chi connectivity index (χ3n) is 6.17. The lowest BCUT2D eigenvalue weighted by atomic mass is 9.99. The van der Waals surface area contributed by atoms with Crippen molar-refractivity contribution in [2.45, 2.75) is 51.6 Å². The molecule has 0 bridgehead atoms. The van der Waals surface area contributed by atoms with Crippen LogP contribution >= 0.6 is 0 Å². The molecule has 0 aliphatic carbocycles. The van der Waals surface area contributed by atoms with Gasteiger partial charge in [0.05, 0.1) is 31.8 Å². The fourth-order valence-corrected chi connectivity index (χ4v) is 4.46. The zero-order valence-electron chi connectivity index (χ0n) is 18.0. The van der Waals surface area contributed by atoms with Crippen LogP contribution in [0.1, 0.15) is 54.9 Å². The third kappa shape index (κ3) is 4.47. The van der Waals surface area contributed by atoms with Crippen molar-refractivity contribution in [1.29, 1.82) is 0 Å². The van der Waals surface area contributed by atoms with E-state index < -0.39 is 0 Å². The quantitative estimate of drug-likeness (QED) is 0.810. The van der Waals surface area contributed by atoms with Gasteiger partial charge in [-0.1, -0.05) is 12.1 Å². The monoisotopic (exact) mass is 424 g/mol. The Bertz CT molecular complexity index is 1050. The molecule has 8 nitrogen and oxygen atoms in total. The van der Waals surface area contributed by atoms with Crippen molar-refractivity contribution >= 4 is 11.8 Å². The lowest BCUT2D eigenvalue weighted by Gasteiger charge is -2.36. The molecule has 31 heavy (non-hydrogen) atoms. The highest BCUT2D eigenvalue weighted by Gasteiger charge is 2.31. The fourth-order valence-electron chi connectivity index (χ4n) is 4.46. The van der Waals surface area contributed by atoms with Crippen molar-refractivity contribution in [2.75, 3.05) is 20.2 Å². The van der Waals surface area contributed by atoms with Gasteiger partial charge < -0.3 is 19.5 Å². The van der Waals surface area contributed by atoms with Gasteiger partial charge in [-0.25, -0.2) is 4.98 Å². The number of H-pyrrole nitrogens is 1. The van der Waals surface area contributed by atoms with Gasteiger partial charge in [0.15, 0.2) is 0 Å². The number of hydrogen-bond acceptors (Lipinski definition) is 5. The highest BCUT2D eigenvalue weighted by molar-refractivity contribution is 5.79. The summed E-state index contributed by atoms with van der Waals surface area (Å²) in [6.45, 7) is 3.03. The van der Waals surface area contributed by atoms with Crippen molar-refractivity contribution in [2.24, 2.45) is 0 Å². The molecule has 164 valence electrons. The van der Waals surface area contributed by atoms with E-state index in [-0.39, 0.29) is 29.8 Å². The van der Waals surface area contributed by atoms with Crippen LogP contribution in [0.15, 0.2) is 29.1 Å². The first-order valence-corrected chi connectivity index (χ1v) is 10.8. The molecular formula is C23H28N4O4. The van der Waals surface area contributed by atoms with Gasteiger partial charge in [0.1, 0.15) is 11.6 Å². The largest absolute Gasteiger partial charge is 0.497 e. The van der Waals surface area contributed by atoms with Gasteiger partial charge in [0.2, 0.25) is 11.8 Å². The Morgan fingerprint density at radius 1 is 1.26 bits per heavy atom. The first kappa shape index (κ1) is 21.1. The zero-order chi connectivity index (χ0) is 22.0. The van der Waals surface area contributed by atoms with Crippen LogP contribution in [0.3, 0.4) is 0 Å². The Labute approximate surface area is 181 Å². The molecule has 1 saturated heterocycles. The Morgan fingerprint density at radius 3 is 2.87 bits per heavy atom. The average molecular weight is 425 g/mol. The van der Waals surface area contributed by atoms with E-state index in [2.05, 4.69) is 4.98 Å². The number of aromatic nitrogens is 2. The number of nitrogens with zero attached hydrogens (tertiary/aromatic N) is 3. The number of fused-ring (bicyclic) bond motifs is 1. The standard InChI is InChI=1S/C23H28N4O4/c1-15(28)26-11-9-18-19(14-26)24-22(25-23(18)30)20-8-3-4-10-27(20)21(29)13-16-6-5-7-17(12-16)31-2/h5-7,12,20H,3-4,8-11,13-14H2,1-2H3,(H,24,25,30)/t20-/m1/s1.